The van der Waals surface area contributed by atoms with Crippen molar-refractivity contribution in [3.8, 4) is 0 Å². The zero-order valence-corrected chi connectivity index (χ0v) is 13.6. The van der Waals surface area contributed by atoms with E-state index in [1.807, 2.05) is 20.8 Å². The van der Waals surface area contributed by atoms with Gasteiger partial charge in [0, 0.05) is 13.1 Å². The highest BCUT2D eigenvalue weighted by molar-refractivity contribution is 7.89. The lowest BCUT2D eigenvalue weighted by molar-refractivity contribution is 0.271. The molecule has 4 nitrogen and oxygen atoms in total. The molecule has 0 aromatic heterocycles. The molecule has 0 unspecified atom stereocenters. The first kappa shape index (κ1) is 17.9. The van der Waals surface area contributed by atoms with Crippen molar-refractivity contribution in [2.45, 2.75) is 48.0 Å². The minimum absolute atomic E-state index is 0.0376. The molecule has 0 aromatic rings. The fraction of sp³-hybridized carbons (Fsp3) is 1.00. The van der Waals surface area contributed by atoms with Crippen LogP contribution in [0.2, 0.25) is 0 Å². The van der Waals surface area contributed by atoms with E-state index in [1.165, 1.54) is 0 Å². The van der Waals surface area contributed by atoms with Crippen LogP contribution in [0.25, 0.3) is 0 Å². The van der Waals surface area contributed by atoms with Crippen molar-refractivity contribution in [3.05, 3.63) is 0 Å². The topological polar surface area (TPSA) is 63.4 Å². The number of nitrogens with zero attached hydrogens (tertiary/aromatic N) is 1. The molecule has 0 bridgehead atoms. The second-order valence-corrected chi connectivity index (χ2v) is 9.01. The molecular weight excluding hydrogens is 248 g/mol. The molecule has 0 rings (SSSR count). The van der Waals surface area contributed by atoms with Gasteiger partial charge in [-0.3, -0.25) is 0 Å². The van der Waals surface area contributed by atoms with Crippen LogP contribution in [-0.4, -0.2) is 38.1 Å². The molecule has 0 saturated heterocycles. The normalized spacial score (nSPS) is 14.2. The van der Waals surface area contributed by atoms with Crippen molar-refractivity contribution < 1.29 is 8.42 Å². The van der Waals surface area contributed by atoms with E-state index in [0.717, 1.165) is 0 Å². The maximum absolute atomic E-state index is 12.3. The summed E-state index contributed by atoms with van der Waals surface area (Å²) in [5.74, 6) is 0.213. The van der Waals surface area contributed by atoms with Crippen LogP contribution in [0.4, 0.5) is 0 Å². The van der Waals surface area contributed by atoms with Crippen LogP contribution in [-0.2, 0) is 10.0 Å². The van der Waals surface area contributed by atoms with E-state index in [0.29, 0.717) is 26.1 Å². The maximum atomic E-state index is 12.3. The smallest absolute Gasteiger partial charge is 0.214 e. The summed E-state index contributed by atoms with van der Waals surface area (Å²) in [5.41, 5.74) is 5.54. The van der Waals surface area contributed by atoms with Crippen LogP contribution in [0.3, 0.4) is 0 Å². The summed E-state index contributed by atoms with van der Waals surface area (Å²) in [5, 5.41) is 0. The van der Waals surface area contributed by atoms with Crippen LogP contribution < -0.4 is 5.73 Å². The molecule has 0 spiro atoms. The van der Waals surface area contributed by atoms with Gasteiger partial charge < -0.3 is 5.73 Å². The van der Waals surface area contributed by atoms with Gasteiger partial charge in [0.15, 0.2) is 0 Å². The predicted molar refractivity (Wildman–Crippen MR) is 77.9 cm³/mol. The predicted octanol–water partition coefficient (Wildman–Crippen LogP) is 2.06. The van der Waals surface area contributed by atoms with Crippen molar-refractivity contribution in [1.29, 1.82) is 0 Å². The largest absolute Gasteiger partial charge is 0.330 e. The minimum Gasteiger partial charge on any atom is -0.330 e. The molecule has 0 aliphatic rings. The van der Waals surface area contributed by atoms with Gasteiger partial charge in [-0.2, -0.15) is 0 Å². The average molecular weight is 278 g/mol. The molecule has 5 heteroatoms. The van der Waals surface area contributed by atoms with Crippen molar-refractivity contribution in [1.82, 2.24) is 4.31 Å². The summed E-state index contributed by atoms with van der Waals surface area (Å²) in [6.45, 7) is 13.5. The van der Waals surface area contributed by atoms with Gasteiger partial charge >= 0.3 is 0 Å². The fourth-order valence-electron chi connectivity index (χ4n) is 1.51. The summed E-state index contributed by atoms with van der Waals surface area (Å²) in [6.07, 6.45) is 0.675. The van der Waals surface area contributed by atoms with E-state index < -0.39 is 10.0 Å². The lowest BCUT2D eigenvalue weighted by Crippen LogP contribution is -2.43. The SMILES string of the molecule is CCN(CC(C)(C)CN)S(=O)(=O)CCC(C)(C)C. The summed E-state index contributed by atoms with van der Waals surface area (Å²) in [6, 6.07) is 0. The van der Waals surface area contributed by atoms with Gasteiger partial charge in [-0.15, -0.1) is 0 Å². The number of hydrogen-bond acceptors (Lipinski definition) is 3. The van der Waals surface area contributed by atoms with Gasteiger partial charge in [-0.25, -0.2) is 12.7 Å². The molecule has 0 aliphatic heterocycles. The Labute approximate surface area is 113 Å². The van der Waals surface area contributed by atoms with E-state index in [4.69, 9.17) is 5.73 Å². The lowest BCUT2D eigenvalue weighted by atomic mass is 9.94. The zero-order chi connectivity index (χ0) is 14.6. The van der Waals surface area contributed by atoms with Crippen molar-refractivity contribution in [2.75, 3.05) is 25.4 Å². The van der Waals surface area contributed by atoms with Gasteiger partial charge in [0.1, 0.15) is 0 Å². The summed E-state index contributed by atoms with van der Waals surface area (Å²) >= 11 is 0. The highest BCUT2D eigenvalue weighted by Crippen LogP contribution is 2.22. The number of hydrogen-bond donors (Lipinski definition) is 1. The Hall–Kier alpha value is -0.130. The summed E-state index contributed by atoms with van der Waals surface area (Å²) in [4.78, 5) is 0. The Bertz CT molecular complexity index is 342. The number of sulfonamides is 1. The van der Waals surface area contributed by atoms with E-state index in [-0.39, 0.29) is 16.6 Å². The van der Waals surface area contributed by atoms with Gasteiger partial charge in [-0.1, -0.05) is 41.5 Å². The molecule has 0 radical (unpaired) electrons. The van der Waals surface area contributed by atoms with Gasteiger partial charge in [0.05, 0.1) is 5.75 Å². The number of rotatable bonds is 7. The molecule has 0 atom stereocenters. The zero-order valence-electron chi connectivity index (χ0n) is 12.8. The molecule has 0 aliphatic carbocycles. The average Bonchev–Trinajstić information content (AvgIpc) is 2.22. The van der Waals surface area contributed by atoms with Crippen molar-refractivity contribution in [2.24, 2.45) is 16.6 Å². The number of nitrogens with two attached hydrogens (primary N) is 1. The first-order valence-corrected chi connectivity index (χ1v) is 8.22. The minimum atomic E-state index is -3.17. The Morgan fingerprint density at radius 3 is 1.94 bits per heavy atom. The quantitative estimate of drug-likeness (QED) is 0.775. The van der Waals surface area contributed by atoms with E-state index in [9.17, 15) is 8.42 Å². The monoisotopic (exact) mass is 278 g/mol. The molecular formula is C13H30N2O2S. The highest BCUT2D eigenvalue weighted by atomic mass is 32.2. The molecule has 0 amide bonds. The fourth-order valence-corrected chi connectivity index (χ4v) is 3.58. The first-order valence-electron chi connectivity index (χ1n) is 6.61. The lowest BCUT2D eigenvalue weighted by Gasteiger charge is -2.31. The molecule has 18 heavy (non-hydrogen) atoms. The van der Waals surface area contributed by atoms with Gasteiger partial charge in [0.2, 0.25) is 10.0 Å². The molecule has 110 valence electrons. The van der Waals surface area contributed by atoms with Gasteiger partial charge in [0.25, 0.3) is 0 Å². The Balaban J connectivity index is 4.74. The van der Waals surface area contributed by atoms with Crippen LogP contribution in [0.5, 0.6) is 0 Å². The molecule has 0 fully saturated rings. The van der Waals surface area contributed by atoms with Crippen LogP contribution in [0.1, 0.15) is 48.0 Å². The molecule has 0 saturated carbocycles. The van der Waals surface area contributed by atoms with Crippen molar-refractivity contribution >= 4 is 10.0 Å². The van der Waals surface area contributed by atoms with Crippen LogP contribution >= 0.6 is 0 Å². The third-order valence-corrected chi connectivity index (χ3v) is 4.91. The summed E-state index contributed by atoms with van der Waals surface area (Å²) < 4.78 is 26.1. The maximum Gasteiger partial charge on any atom is 0.214 e. The Morgan fingerprint density at radius 1 is 1.11 bits per heavy atom. The summed E-state index contributed by atoms with van der Waals surface area (Å²) in [7, 11) is -3.17. The third kappa shape index (κ3) is 6.71. The van der Waals surface area contributed by atoms with E-state index >= 15 is 0 Å². The van der Waals surface area contributed by atoms with Crippen LogP contribution in [0, 0.1) is 10.8 Å². The van der Waals surface area contributed by atoms with Gasteiger partial charge in [-0.05, 0) is 23.8 Å². The molecule has 2 N–H and O–H groups in total. The second kappa shape index (κ2) is 6.35. The standard InChI is InChI=1S/C13H30N2O2S/c1-7-15(11-13(5,6)10-14)18(16,17)9-8-12(2,3)4/h7-11,14H2,1-6H3. The second-order valence-electron chi connectivity index (χ2n) is 6.92. The van der Waals surface area contributed by atoms with E-state index in [2.05, 4.69) is 20.8 Å². The van der Waals surface area contributed by atoms with Crippen LogP contribution in [0.15, 0.2) is 0 Å². The van der Waals surface area contributed by atoms with Crippen molar-refractivity contribution in [3.63, 3.8) is 0 Å². The Morgan fingerprint density at radius 2 is 1.61 bits per heavy atom. The molecule has 0 aromatic carbocycles. The third-order valence-electron chi connectivity index (χ3n) is 3.01. The Kier molecular flexibility index (Phi) is 6.30. The first-order chi connectivity index (χ1) is 7.93. The molecule has 0 heterocycles. The van der Waals surface area contributed by atoms with E-state index in [1.54, 1.807) is 4.31 Å². The highest BCUT2D eigenvalue weighted by Gasteiger charge is 2.28.